The average Bonchev–Trinajstić information content (AvgIpc) is 2.46. The number of fused-ring (bicyclic) bond motifs is 1. The number of carbonyl (C=O) groups excluding carboxylic acids is 1. The van der Waals surface area contributed by atoms with E-state index in [0.717, 1.165) is 50.8 Å². The monoisotopic (exact) mass is 272 g/mol. The summed E-state index contributed by atoms with van der Waals surface area (Å²) in [5.41, 5.74) is 9.72. The Labute approximate surface area is 121 Å². The van der Waals surface area contributed by atoms with Gasteiger partial charge in [0.05, 0.1) is 0 Å². The van der Waals surface area contributed by atoms with Crippen LogP contribution >= 0.6 is 0 Å². The van der Waals surface area contributed by atoms with Crippen molar-refractivity contribution in [3.8, 4) is 0 Å². The fraction of sp³-hybridized carbons (Fsp3) is 0.588. The van der Waals surface area contributed by atoms with Crippen LogP contribution in [-0.4, -0.2) is 18.5 Å². The molecule has 3 nitrogen and oxygen atoms in total. The summed E-state index contributed by atoms with van der Waals surface area (Å²) in [7, 11) is 0. The van der Waals surface area contributed by atoms with Crippen molar-refractivity contribution in [3.05, 3.63) is 29.3 Å². The van der Waals surface area contributed by atoms with E-state index in [2.05, 4.69) is 25.1 Å². The molecule has 3 rings (SSSR count). The molecular formula is C17H24N2O. The Morgan fingerprint density at radius 2 is 2.15 bits per heavy atom. The van der Waals surface area contributed by atoms with Crippen molar-refractivity contribution < 1.29 is 4.79 Å². The largest absolute Gasteiger partial charge is 0.328 e. The number of anilines is 1. The molecule has 108 valence electrons. The van der Waals surface area contributed by atoms with Gasteiger partial charge in [0.1, 0.15) is 0 Å². The van der Waals surface area contributed by atoms with E-state index < -0.39 is 0 Å². The van der Waals surface area contributed by atoms with E-state index in [1.165, 1.54) is 11.1 Å². The summed E-state index contributed by atoms with van der Waals surface area (Å²) < 4.78 is 0. The first-order valence-electron chi connectivity index (χ1n) is 7.81. The zero-order valence-corrected chi connectivity index (χ0v) is 12.3. The number of aryl methyl sites for hydroxylation is 2. The molecule has 1 aromatic rings. The van der Waals surface area contributed by atoms with Crippen LogP contribution in [0.25, 0.3) is 0 Å². The van der Waals surface area contributed by atoms with Gasteiger partial charge in [0.15, 0.2) is 0 Å². The van der Waals surface area contributed by atoms with Crippen molar-refractivity contribution in [2.75, 3.05) is 11.4 Å². The molecule has 1 amide bonds. The Kier molecular flexibility index (Phi) is 3.79. The van der Waals surface area contributed by atoms with Gasteiger partial charge in [-0.3, -0.25) is 4.79 Å². The fourth-order valence-electron chi connectivity index (χ4n) is 3.59. The molecule has 2 N–H and O–H groups in total. The number of benzene rings is 1. The summed E-state index contributed by atoms with van der Waals surface area (Å²) in [5.74, 6) is 0.428. The number of carbonyl (C=O) groups is 1. The molecule has 2 aliphatic rings. The number of hydrogen-bond acceptors (Lipinski definition) is 2. The molecule has 2 atom stereocenters. The molecule has 2 unspecified atom stereocenters. The molecule has 1 heterocycles. The summed E-state index contributed by atoms with van der Waals surface area (Å²) in [4.78, 5) is 14.9. The quantitative estimate of drug-likeness (QED) is 0.854. The Balaban J connectivity index is 1.84. The van der Waals surface area contributed by atoms with Gasteiger partial charge in [-0.05, 0) is 56.2 Å². The highest BCUT2D eigenvalue weighted by molar-refractivity contribution is 5.96. The second-order valence-electron chi connectivity index (χ2n) is 6.35. The normalized spacial score (nSPS) is 26.2. The minimum absolute atomic E-state index is 0.130. The summed E-state index contributed by atoms with van der Waals surface area (Å²) in [6, 6.07) is 6.69. The summed E-state index contributed by atoms with van der Waals surface area (Å²) in [5, 5.41) is 0. The van der Waals surface area contributed by atoms with Crippen LogP contribution in [0.4, 0.5) is 5.69 Å². The van der Waals surface area contributed by atoms with E-state index >= 15 is 0 Å². The first-order valence-corrected chi connectivity index (χ1v) is 7.81. The topological polar surface area (TPSA) is 46.3 Å². The molecule has 3 heteroatoms. The highest BCUT2D eigenvalue weighted by atomic mass is 16.2. The van der Waals surface area contributed by atoms with Gasteiger partial charge in [-0.15, -0.1) is 0 Å². The second kappa shape index (κ2) is 5.57. The van der Waals surface area contributed by atoms with Crippen molar-refractivity contribution in [1.82, 2.24) is 0 Å². The Morgan fingerprint density at radius 3 is 2.95 bits per heavy atom. The van der Waals surface area contributed by atoms with E-state index in [0.29, 0.717) is 5.91 Å². The molecular weight excluding hydrogens is 248 g/mol. The lowest BCUT2D eigenvalue weighted by molar-refractivity contribution is -0.123. The van der Waals surface area contributed by atoms with Crippen molar-refractivity contribution in [3.63, 3.8) is 0 Å². The van der Waals surface area contributed by atoms with E-state index in [-0.39, 0.29) is 12.0 Å². The van der Waals surface area contributed by atoms with Gasteiger partial charge in [0.25, 0.3) is 0 Å². The highest BCUT2D eigenvalue weighted by Crippen LogP contribution is 2.32. The first-order chi connectivity index (χ1) is 9.65. The Bertz CT molecular complexity index is 512. The zero-order valence-electron chi connectivity index (χ0n) is 12.3. The van der Waals surface area contributed by atoms with Crippen LogP contribution in [0.5, 0.6) is 0 Å². The molecule has 0 radical (unpaired) electrons. The molecule has 1 fully saturated rings. The van der Waals surface area contributed by atoms with Gasteiger partial charge in [-0.2, -0.15) is 0 Å². The van der Waals surface area contributed by atoms with Gasteiger partial charge < -0.3 is 10.6 Å². The fourth-order valence-corrected chi connectivity index (χ4v) is 3.59. The molecule has 0 spiro atoms. The third kappa shape index (κ3) is 2.59. The second-order valence-corrected chi connectivity index (χ2v) is 6.35. The van der Waals surface area contributed by atoms with Crippen molar-refractivity contribution in [2.45, 2.75) is 51.5 Å². The number of hydrogen-bond donors (Lipinski definition) is 1. The maximum Gasteiger partial charge on any atom is 0.230 e. The zero-order chi connectivity index (χ0) is 14.1. The van der Waals surface area contributed by atoms with Crippen molar-refractivity contribution in [2.24, 2.45) is 11.7 Å². The lowest BCUT2D eigenvalue weighted by Gasteiger charge is -2.35. The number of nitrogens with two attached hydrogens (primary N) is 1. The average molecular weight is 272 g/mol. The molecule has 1 aromatic carbocycles. The van der Waals surface area contributed by atoms with E-state index in [4.69, 9.17) is 5.73 Å². The molecule has 0 bridgehead atoms. The van der Waals surface area contributed by atoms with Crippen LogP contribution in [0.1, 0.15) is 43.2 Å². The molecule has 0 saturated heterocycles. The van der Waals surface area contributed by atoms with E-state index in [9.17, 15) is 4.79 Å². The molecule has 20 heavy (non-hydrogen) atoms. The molecule has 1 aliphatic heterocycles. The molecule has 1 saturated carbocycles. The molecule has 1 aliphatic carbocycles. The predicted octanol–water partition coefficient (Wildman–Crippen LogP) is 2.79. The maximum absolute atomic E-state index is 12.8. The lowest BCUT2D eigenvalue weighted by atomic mass is 9.84. The third-order valence-corrected chi connectivity index (χ3v) is 4.69. The van der Waals surface area contributed by atoms with Crippen LogP contribution in [0.15, 0.2) is 18.2 Å². The van der Waals surface area contributed by atoms with Gasteiger partial charge in [-0.1, -0.05) is 18.6 Å². The van der Waals surface area contributed by atoms with E-state index in [1.807, 2.05) is 4.90 Å². The SMILES string of the molecule is Cc1ccc2c(c1)N(C(=O)C1CCCC(N)C1)CCC2. The third-order valence-electron chi connectivity index (χ3n) is 4.69. The Morgan fingerprint density at radius 1 is 1.30 bits per heavy atom. The Hall–Kier alpha value is -1.35. The van der Waals surface area contributed by atoms with Crippen molar-refractivity contribution >= 4 is 11.6 Å². The minimum Gasteiger partial charge on any atom is -0.328 e. The number of amides is 1. The van der Waals surface area contributed by atoms with Gasteiger partial charge in [0.2, 0.25) is 5.91 Å². The summed E-state index contributed by atoms with van der Waals surface area (Å²) in [6.45, 7) is 2.95. The smallest absolute Gasteiger partial charge is 0.230 e. The van der Waals surface area contributed by atoms with Gasteiger partial charge in [-0.25, -0.2) is 0 Å². The van der Waals surface area contributed by atoms with Crippen LogP contribution in [-0.2, 0) is 11.2 Å². The lowest BCUT2D eigenvalue weighted by Crippen LogP contribution is -2.43. The predicted molar refractivity (Wildman–Crippen MR) is 81.8 cm³/mol. The summed E-state index contributed by atoms with van der Waals surface area (Å²) >= 11 is 0. The van der Waals surface area contributed by atoms with Crippen LogP contribution in [0.3, 0.4) is 0 Å². The van der Waals surface area contributed by atoms with Crippen LogP contribution in [0, 0.1) is 12.8 Å². The van der Waals surface area contributed by atoms with Gasteiger partial charge in [0, 0.05) is 24.2 Å². The van der Waals surface area contributed by atoms with Crippen LogP contribution in [0.2, 0.25) is 0 Å². The number of nitrogens with zero attached hydrogens (tertiary/aromatic N) is 1. The molecule has 0 aromatic heterocycles. The summed E-state index contributed by atoms with van der Waals surface area (Å²) in [6.07, 6.45) is 6.18. The maximum atomic E-state index is 12.8. The number of rotatable bonds is 1. The van der Waals surface area contributed by atoms with Gasteiger partial charge >= 0.3 is 0 Å². The van der Waals surface area contributed by atoms with Crippen molar-refractivity contribution in [1.29, 1.82) is 0 Å². The highest BCUT2D eigenvalue weighted by Gasteiger charge is 2.31. The van der Waals surface area contributed by atoms with E-state index in [1.54, 1.807) is 0 Å². The first kappa shape index (κ1) is 13.6. The standard InChI is InChI=1S/C17H24N2O/c1-12-7-8-13-5-3-9-19(16(13)10-12)17(20)14-4-2-6-15(18)11-14/h7-8,10,14-15H,2-6,9,11,18H2,1H3. The van der Waals surface area contributed by atoms with Crippen LogP contribution < -0.4 is 10.6 Å². The minimum atomic E-state index is 0.130.